The van der Waals surface area contributed by atoms with E-state index < -0.39 is 4.92 Å². The molecule has 1 fully saturated rings. The van der Waals surface area contributed by atoms with Gasteiger partial charge in [-0.05, 0) is 12.1 Å². The minimum Gasteiger partial charge on any atom is -0.492 e. The Morgan fingerprint density at radius 2 is 2.15 bits per heavy atom. The van der Waals surface area contributed by atoms with Gasteiger partial charge in [0.2, 0.25) is 0 Å². The van der Waals surface area contributed by atoms with Crippen LogP contribution < -0.4 is 10.1 Å². The van der Waals surface area contributed by atoms with Gasteiger partial charge in [-0.3, -0.25) is 10.1 Å². The fourth-order valence-corrected chi connectivity index (χ4v) is 4.47. The molecule has 0 bridgehead atoms. The molecule has 0 saturated carbocycles. The van der Waals surface area contributed by atoms with E-state index in [-0.39, 0.29) is 5.69 Å². The highest BCUT2D eigenvalue weighted by molar-refractivity contribution is 8.06. The van der Waals surface area contributed by atoms with E-state index in [0.717, 1.165) is 13.1 Å². The molecule has 0 spiro atoms. The van der Waals surface area contributed by atoms with Crippen LogP contribution in [0, 0.1) is 10.1 Å². The second kappa shape index (κ2) is 8.39. The highest BCUT2D eigenvalue weighted by atomic mass is 32.2. The fraction of sp³-hybridized carbons (Fsp3) is 0.538. The Bertz CT molecular complexity index is 422. The quantitative estimate of drug-likeness (QED) is 0.474. The van der Waals surface area contributed by atoms with Crippen LogP contribution in [-0.2, 0) is 0 Å². The highest BCUT2D eigenvalue weighted by Crippen LogP contribution is 2.23. The van der Waals surface area contributed by atoms with Crippen LogP contribution in [0.2, 0.25) is 0 Å². The Balaban J connectivity index is 1.59. The smallest absolute Gasteiger partial charge is 0.269 e. The van der Waals surface area contributed by atoms with Crippen molar-refractivity contribution in [2.45, 2.75) is 5.25 Å². The largest absolute Gasteiger partial charge is 0.492 e. The number of thioether (sulfide) groups is 2. The number of rotatable bonds is 7. The zero-order valence-electron chi connectivity index (χ0n) is 11.1. The van der Waals surface area contributed by atoms with Crippen molar-refractivity contribution in [1.29, 1.82) is 0 Å². The number of nitrogens with zero attached hydrogens (tertiary/aromatic N) is 1. The van der Waals surface area contributed by atoms with Gasteiger partial charge < -0.3 is 10.1 Å². The summed E-state index contributed by atoms with van der Waals surface area (Å²) in [4.78, 5) is 10.1. The second-order valence-corrected chi connectivity index (χ2v) is 6.93. The number of benzene rings is 1. The summed E-state index contributed by atoms with van der Waals surface area (Å²) in [7, 11) is 0. The maximum atomic E-state index is 10.5. The van der Waals surface area contributed by atoms with Crippen molar-refractivity contribution >= 4 is 29.2 Å². The third kappa shape index (κ3) is 5.22. The van der Waals surface area contributed by atoms with E-state index >= 15 is 0 Å². The Kier molecular flexibility index (Phi) is 6.49. The third-order valence-corrected chi connectivity index (χ3v) is 5.70. The van der Waals surface area contributed by atoms with Crippen LogP contribution in [0.1, 0.15) is 0 Å². The molecule has 1 aromatic rings. The molecule has 20 heavy (non-hydrogen) atoms. The topological polar surface area (TPSA) is 64.4 Å². The van der Waals surface area contributed by atoms with E-state index in [1.807, 2.05) is 23.5 Å². The van der Waals surface area contributed by atoms with Crippen LogP contribution in [0.15, 0.2) is 24.3 Å². The summed E-state index contributed by atoms with van der Waals surface area (Å²) in [5, 5.41) is 14.6. The van der Waals surface area contributed by atoms with Gasteiger partial charge in [0.15, 0.2) is 0 Å². The summed E-state index contributed by atoms with van der Waals surface area (Å²) >= 11 is 4.05. The molecular formula is C13H18N2O3S2. The summed E-state index contributed by atoms with van der Waals surface area (Å²) in [5.74, 6) is 4.40. The van der Waals surface area contributed by atoms with E-state index in [2.05, 4.69) is 5.32 Å². The third-order valence-electron chi connectivity index (χ3n) is 2.85. The minimum absolute atomic E-state index is 0.0855. The van der Waals surface area contributed by atoms with Crippen molar-refractivity contribution in [3.05, 3.63) is 34.4 Å². The summed E-state index contributed by atoms with van der Waals surface area (Å²) < 4.78 is 5.53. The van der Waals surface area contributed by atoms with Crippen LogP contribution in [0.3, 0.4) is 0 Å². The average molecular weight is 314 g/mol. The van der Waals surface area contributed by atoms with E-state index in [4.69, 9.17) is 4.74 Å². The molecule has 1 atom stereocenters. The zero-order chi connectivity index (χ0) is 14.2. The number of hydrogen-bond donors (Lipinski definition) is 1. The molecule has 0 amide bonds. The van der Waals surface area contributed by atoms with Crippen LogP contribution >= 0.6 is 23.5 Å². The fourth-order valence-electron chi connectivity index (χ4n) is 1.82. The Morgan fingerprint density at radius 3 is 2.80 bits per heavy atom. The van der Waals surface area contributed by atoms with Gasteiger partial charge in [0.05, 0.1) is 4.92 Å². The van der Waals surface area contributed by atoms with Crippen molar-refractivity contribution in [2.75, 3.05) is 37.0 Å². The van der Waals surface area contributed by atoms with Gasteiger partial charge in [0, 0.05) is 47.7 Å². The number of hydrogen-bond acceptors (Lipinski definition) is 6. The van der Waals surface area contributed by atoms with Crippen LogP contribution in [0.4, 0.5) is 5.69 Å². The van der Waals surface area contributed by atoms with Crippen LogP contribution in [0.25, 0.3) is 0 Å². The molecular weight excluding hydrogens is 296 g/mol. The average Bonchev–Trinajstić information content (AvgIpc) is 2.48. The van der Waals surface area contributed by atoms with Crippen molar-refractivity contribution in [1.82, 2.24) is 5.32 Å². The Hall–Kier alpha value is -0.920. The Morgan fingerprint density at radius 1 is 1.35 bits per heavy atom. The Labute approximate surface area is 127 Å². The summed E-state index contributed by atoms with van der Waals surface area (Å²) in [6.45, 7) is 2.38. The van der Waals surface area contributed by atoms with Crippen molar-refractivity contribution in [3.8, 4) is 5.75 Å². The van der Waals surface area contributed by atoms with Gasteiger partial charge in [-0.2, -0.15) is 23.5 Å². The molecule has 7 heteroatoms. The first-order valence-corrected chi connectivity index (χ1v) is 8.73. The molecule has 1 aliphatic heterocycles. The molecule has 5 nitrogen and oxygen atoms in total. The van der Waals surface area contributed by atoms with Gasteiger partial charge >= 0.3 is 0 Å². The van der Waals surface area contributed by atoms with E-state index in [9.17, 15) is 10.1 Å². The molecule has 0 aromatic heterocycles. The number of nitrogens with one attached hydrogen (secondary N) is 1. The van der Waals surface area contributed by atoms with Crippen LogP contribution in [-0.4, -0.2) is 47.1 Å². The van der Waals surface area contributed by atoms with Gasteiger partial charge in [0.25, 0.3) is 5.69 Å². The van der Waals surface area contributed by atoms with E-state index in [1.54, 1.807) is 12.1 Å². The van der Waals surface area contributed by atoms with Gasteiger partial charge in [0.1, 0.15) is 12.4 Å². The molecule has 0 radical (unpaired) electrons. The SMILES string of the molecule is O=[N+]([O-])c1ccc(OCCNCC2CSCCS2)cc1. The molecule has 1 saturated heterocycles. The number of non-ortho nitro benzene ring substituents is 1. The predicted molar refractivity (Wildman–Crippen MR) is 85.0 cm³/mol. The van der Waals surface area contributed by atoms with Gasteiger partial charge in [-0.15, -0.1) is 0 Å². The minimum atomic E-state index is -0.412. The summed E-state index contributed by atoms with van der Waals surface area (Å²) in [6, 6.07) is 6.18. The molecule has 0 aliphatic carbocycles. The number of nitro groups is 1. The lowest BCUT2D eigenvalue weighted by Crippen LogP contribution is -2.31. The molecule has 1 aromatic carbocycles. The maximum Gasteiger partial charge on any atom is 0.269 e. The molecule has 2 rings (SSSR count). The lowest BCUT2D eigenvalue weighted by Gasteiger charge is -2.21. The first-order valence-electron chi connectivity index (χ1n) is 6.53. The van der Waals surface area contributed by atoms with Crippen molar-refractivity contribution < 1.29 is 9.66 Å². The molecule has 1 N–H and O–H groups in total. The standard InChI is InChI=1S/C13H18N2O3S2/c16-15(17)11-1-3-12(4-2-11)18-6-5-14-9-13-10-19-7-8-20-13/h1-4,13-14H,5-10H2. The van der Waals surface area contributed by atoms with E-state index in [0.29, 0.717) is 17.6 Å². The predicted octanol–water partition coefficient (Wildman–Crippen LogP) is 2.41. The summed E-state index contributed by atoms with van der Waals surface area (Å²) in [6.07, 6.45) is 0. The molecule has 110 valence electrons. The molecule has 1 unspecified atom stereocenters. The van der Waals surface area contributed by atoms with E-state index in [1.165, 1.54) is 29.4 Å². The molecule has 1 aliphatic rings. The lowest BCUT2D eigenvalue weighted by atomic mass is 10.3. The van der Waals surface area contributed by atoms with Gasteiger partial charge in [-0.1, -0.05) is 0 Å². The van der Waals surface area contributed by atoms with Crippen molar-refractivity contribution in [3.63, 3.8) is 0 Å². The van der Waals surface area contributed by atoms with Gasteiger partial charge in [-0.25, -0.2) is 0 Å². The number of nitro benzene ring substituents is 1. The van der Waals surface area contributed by atoms with Crippen molar-refractivity contribution in [2.24, 2.45) is 0 Å². The zero-order valence-corrected chi connectivity index (χ0v) is 12.8. The maximum absolute atomic E-state index is 10.5. The lowest BCUT2D eigenvalue weighted by molar-refractivity contribution is -0.384. The first kappa shape index (κ1) is 15.5. The monoisotopic (exact) mass is 314 g/mol. The summed E-state index contributed by atoms with van der Waals surface area (Å²) in [5.41, 5.74) is 0.0855. The highest BCUT2D eigenvalue weighted by Gasteiger charge is 2.13. The number of ether oxygens (including phenoxy) is 1. The normalized spacial score (nSPS) is 18.7. The van der Waals surface area contributed by atoms with Crippen LogP contribution in [0.5, 0.6) is 5.75 Å². The second-order valence-electron chi connectivity index (χ2n) is 4.37. The molecule has 1 heterocycles. The first-order chi connectivity index (χ1) is 9.75.